The molecule has 4 nitrogen and oxygen atoms in total. The molecule has 1 rings (SSSR count). The standard InChI is InChI=1S/C8H12ClN3O/c9-3-1-8(13)11-4-2-7-5-10-6-12-7/h5-6H,1-4H2,(H,10,12)(H,11,13). The average molecular weight is 202 g/mol. The normalized spacial score (nSPS) is 9.92. The number of imidazole rings is 1. The van der Waals surface area contributed by atoms with Gasteiger partial charge >= 0.3 is 0 Å². The minimum absolute atomic E-state index is 0.00508. The van der Waals surface area contributed by atoms with Gasteiger partial charge in [-0.3, -0.25) is 4.79 Å². The second kappa shape index (κ2) is 5.59. The molecule has 0 radical (unpaired) electrons. The van der Waals surface area contributed by atoms with Crippen LogP contribution in [0.25, 0.3) is 0 Å². The van der Waals surface area contributed by atoms with Gasteiger partial charge in [0.1, 0.15) is 0 Å². The summed E-state index contributed by atoms with van der Waals surface area (Å²) in [5.74, 6) is 0.366. The maximum atomic E-state index is 11.0. The zero-order valence-corrected chi connectivity index (χ0v) is 7.97. The highest BCUT2D eigenvalue weighted by Crippen LogP contribution is 1.91. The Labute approximate surface area is 81.7 Å². The van der Waals surface area contributed by atoms with Gasteiger partial charge in [0.2, 0.25) is 5.91 Å². The van der Waals surface area contributed by atoms with E-state index in [9.17, 15) is 4.79 Å². The summed E-state index contributed by atoms with van der Waals surface area (Å²) in [4.78, 5) is 17.8. The summed E-state index contributed by atoms with van der Waals surface area (Å²) in [5.41, 5.74) is 1.02. The highest BCUT2D eigenvalue weighted by molar-refractivity contribution is 6.18. The molecule has 1 amide bonds. The molecule has 0 aromatic carbocycles. The third kappa shape index (κ3) is 3.94. The number of halogens is 1. The monoisotopic (exact) mass is 201 g/mol. The van der Waals surface area contributed by atoms with E-state index in [-0.39, 0.29) is 5.91 Å². The number of hydrogen-bond acceptors (Lipinski definition) is 2. The molecule has 2 N–H and O–H groups in total. The minimum Gasteiger partial charge on any atom is -0.356 e. The molecule has 0 saturated carbocycles. The van der Waals surface area contributed by atoms with Crippen LogP contribution in [-0.2, 0) is 11.2 Å². The highest BCUT2D eigenvalue weighted by atomic mass is 35.5. The Balaban J connectivity index is 2.11. The molecule has 0 aliphatic heterocycles. The third-order valence-electron chi connectivity index (χ3n) is 1.59. The summed E-state index contributed by atoms with van der Waals surface area (Å²) in [5, 5.41) is 2.75. The quantitative estimate of drug-likeness (QED) is 0.689. The van der Waals surface area contributed by atoms with E-state index >= 15 is 0 Å². The summed E-state index contributed by atoms with van der Waals surface area (Å²) < 4.78 is 0. The SMILES string of the molecule is O=C(CCCl)NCCc1cnc[nH]1. The van der Waals surface area contributed by atoms with Crippen molar-refractivity contribution in [2.45, 2.75) is 12.8 Å². The second-order valence-corrected chi connectivity index (χ2v) is 2.99. The molecule has 0 unspecified atom stereocenters. The first-order valence-corrected chi connectivity index (χ1v) is 4.66. The molecule has 13 heavy (non-hydrogen) atoms. The van der Waals surface area contributed by atoms with Crippen molar-refractivity contribution in [2.75, 3.05) is 12.4 Å². The summed E-state index contributed by atoms with van der Waals surface area (Å²) in [6.45, 7) is 0.623. The molecule has 0 fully saturated rings. The van der Waals surface area contributed by atoms with E-state index in [4.69, 9.17) is 11.6 Å². The first-order valence-electron chi connectivity index (χ1n) is 4.13. The van der Waals surface area contributed by atoms with E-state index in [0.29, 0.717) is 18.8 Å². The van der Waals surface area contributed by atoms with Crippen molar-refractivity contribution in [3.05, 3.63) is 18.2 Å². The van der Waals surface area contributed by atoms with E-state index in [0.717, 1.165) is 12.1 Å². The number of carbonyl (C=O) groups is 1. The van der Waals surface area contributed by atoms with Crippen LogP contribution in [0.1, 0.15) is 12.1 Å². The molecule has 0 bridgehead atoms. The Kier molecular flexibility index (Phi) is 4.32. The van der Waals surface area contributed by atoms with E-state index in [1.54, 1.807) is 12.5 Å². The van der Waals surface area contributed by atoms with E-state index in [2.05, 4.69) is 15.3 Å². The minimum atomic E-state index is -0.00508. The lowest BCUT2D eigenvalue weighted by Crippen LogP contribution is -2.25. The number of nitrogens with zero attached hydrogens (tertiary/aromatic N) is 1. The van der Waals surface area contributed by atoms with Crippen molar-refractivity contribution in [1.82, 2.24) is 15.3 Å². The van der Waals surface area contributed by atoms with E-state index in [1.165, 1.54) is 0 Å². The van der Waals surface area contributed by atoms with Crippen molar-refractivity contribution < 1.29 is 4.79 Å². The van der Waals surface area contributed by atoms with Crippen molar-refractivity contribution in [3.63, 3.8) is 0 Å². The van der Waals surface area contributed by atoms with Gasteiger partial charge in [0.15, 0.2) is 0 Å². The zero-order valence-electron chi connectivity index (χ0n) is 7.22. The summed E-state index contributed by atoms with van der Waals surface area (Å²) >= 11 is 5.40. The molecular formula is C8H12ClN3O. The van der Waals surface area contributed by atoms with Crippen LogP contribution in [0.4, 0.5) is 0 Å². The van der Waals surface area contributed by atoms with Crippen LogP contribution in [0.2, 0.25) is 0 Å². The molecule has 0 saturated heterocycles. The Hall–Kier alpha value is -1.03. The highest BCUT2D eigenvalue weighted by Gasteiger charge is 1.99. The predicted molar refractivity (Wildman–Crippen MR) is 50.6 cm³/mol. The molecule has 1 aromatic rings. The lowest BCUT2D eigenvalue weighted by molar-refractivity contribution is -0.120. The fraction of sp³-hybridized carbons (Fsp3) is 0.500. The molecule has 1 heterocycles. The smallest absolute Gasteiger partial charge is 0.221 e. The second-order valence-electron chi connectivity index (χ2n) is 2.62. The lowest BCUT2D eigenvalue weighted by atomic mass is 10.3. The summed E-state index contributed by atoms with van der Waals surface area (Å²) in [6, 6.07) is 0. The van der Waals surface area contributed by atoms with Crippen LogP contribution in [0, 0.1) is 0 Å². The third-order valence-corrected chi connectivity index (χ3v) is 1.78. The number of H-pyrrole nitrogens is 1. The van der Waals surface area contributed by atoms with Gasteiger partial charge in [0.05, 0.1) is 6.33 Å². The first kappa shape index (κ1) is 10.1. The molecule has 0 spiro atoms. The predicted octanol–water partition coefficient (Wildman–Crippen LogP) is 0.697. The Morgan fingerprint density at radius 1 is 1.69 bits per heavy atom. The Morgan fingerprint density at radius 3 is 3.15 bits per heavy atom. The van der Waals surface area contributed by atoms with Crippen LogP contribution < -0.4 is 5.32 Å². The van der Waals surface area contributed by atoms with Crippen molar-refractivity contribution in [2.24, 2.45) is 0 Å². The molecule has 72 valence electrons. The van der Waals surface area contributed by atoms with Gasteiger partial charge in [-0.2, -0.15) is 0 Å². The number of rotatable bonds is 5. The van der Waals surface area contributed by atoms with Crippen molar-refractivity contribution in [3.8, 4) is 0 Å². The number of amides is 1. The van der Waals surface area contributed by atoms with Gasteiger partial charge in [-0.15, -0.1) is 11.6 Å². The van der Waals surface area contributed by atoms with Gasteiger partial charge in [-0.25, -0.2) is 4.98 Å². The topological polar surface area (TPSA) is 57.8 Å². The molecular weight excluding hydrogens is 190 g/mol. The summed E-state index contributed by atoms with van der Waals surface area (Å²) in [7, 11) is 0. The first-order chi connectivity index (χ1) is 6.33. The zero-order chi connectivity index (χ0) is 9.52. The van der Waals surface area contributed by atoms with Crippen LogP contribution in [-0.4, -0.2) is 28.3 Å². The maximum Gasteiger partial charge on any atom is 0.221 e. The van der Waals surface area contributed by atoms with Gasteiger partial charge < -0.3 is 10.3 Å². The van der Waals surface area contributed by atoms with Gasteiger partial charge in [-0.1, -0.05) is 0 Å². The summed E-state index contributed by atoms with van der Waals surface area (Å²) in [6.07, 6.45) is 4.52. The maximum absolute atomic E-state index is 11.0. The van der Waals surface area contributed by atoms with E-state index in [1.807, 2.05) is 0 Å². The van der Waals surface area contributed by atoms with Crippen LogP contribution in [0.3, 0.4) is 0 Å². The van der Waals surface area contributed by atoms with Crippen LogP contribution >= 0.6 is 11.6 Å². The van der Waals surface area contributed by atoms with Crippen LogP contribution in [0.5, 0.6) is 0 Å². The van der Waals surface area contributed by atoms with Crippen LogP contribution in [0.15, 0.2) is 12.5 Å². The number of hydrogen-bond donors (Lipinski definition) is 2. The molecule has 5 heteroatoms. The van der Waals surface area contributed by atoms with Gasteiger partial charge in [-0.05, 0) is 0 Å². The van der Waals surface area contributed by atoms with Gasteiger partial charge in [0, 0.05) is 37.2 Å². The number of nitrogens with one attached hydrogen (secondary N) is 2. The Bertz CT molecular complexity index is 248. The molecule has 0 aliphatic rings. The Morgan fingerprint density at radius 2 is 2.54 bits per heavy atom. The van der Waals surface area contributed by atoms with Crippen molar-refractivity contribution >= 4 is 17.5 Å². The van der Waals surface area contributed by atoms with Crippen molar-refractivity contribution in [1.29, 1.82) is 0 Å². The lowest BCUT2D eigenvalue weighted by Gasteiger charge is -2.01. The average Bonchev–Trinajstić information content (AvgIpc) is 2.57. The van der Waals surface area contributed by atoms with E-state index < -0.39 is 0 Å². The fourth-order valence-electron chi connectivity index (χ4n) is 0.932. The largest absolute Gasteiger partial charge is 0.356 e. The fourth-order valence-corrected chi connectivity index (χ4v) is 1.10. The number of aromatic amines is 1. The molecule has 1 aromatic heterocycles. The van der Waals surface area contributed by atoms with Gasteiger partial charge in [0.25, 0.3) is 0 Å². The molecule has 0 aliphatic carbocycles. The number of alkyl halides is 1. The number of carbonyl (C=O) groups excluding carboxylic acids is 1. The molecule has 0 atom stereocenters. The number of aromatic nitrogens is 2.